The molecule has 12 heteroatoms. The predicted molar refractivity (Wildman–Crippen MR) is 115 cm³/mol. The number of rotatable bonds is 9. The van der Waals surface area contributed by atoms with Crippen LogP contribution in [0.4, 0.5) is 20.7 Å². The summed E-state index contributed by atoms with van der Waals surface area (Å²) in [5.74, 6) is -0.367. The lowest BCUT2D eigenvalue weighted by atomic mass is 10.1. The molecular formula is C21H26FN5O6. The van der Waals surface area contributed by atoms with E-state index in [1.165, 1.54) is 30.5 Å². The zero-order valence-electron chi connectivity index (χ0n) is 18.1. The van der Waals surface area contributed by atoms with Gasteiger partial charge in [-0.1, -0.05) is 6.07 Å². The van der Waals surface area contributed by atoms with Gasteiger partial charge in [-0.05, 0) is 17.7 Å². The van der Waals surface area contributed by atoms with Crippen LogP contribution in [0.1, 0.15) is 18.4 Å². The summed E-state index contributed by atoms with van der Waals surface area (Å²) in [7, 11) is 1.41. The average Bonchev–Trinajstić information content (AvgIpc) is 2.80. The molecule has 1 saturated heterocycles. The number of benzene rings is 1. The number of ether oxygens (including phenoxy) is 2. The van der Waals surface area contributed by atoms with Gasteiger partial charge in [0.2, 0.25) is 11.7 Å². The highest BCUT2D eigenvalue weighted by molar-refractivity contribution is 5.78. The van der Waals surface area contributed by atoms with Crippen LogP contribution >= 0.6 is 0 Å². The topological polar surface area (TPSA) is 146 Å². The fraction of sp³-hybridized carbons (Fsp3) is 0.429. The Kier molecular flexibility index (Phi) is 8.19. The third-order valence-electron chi connectivity index (χ3n) is 5.05. The molecule has 0 aliphatic carbocycles. The first-order valence-electron chi connectivity index (χ1n) is 10.4. The number of anilines is 2. The van der Waals surface area contributed by atoms with Crippen molar-refractivity contribution in [3.8, 4) is 11.6 Å². The largest absolute Gasteiger partial charge is 0.489 e. The Balaban J connectivity index is 1.69. The molecular weight excluding hydrogens is 437 g/mol. The summed E-state index contributed by atoms with van der Waals surface area (Å²) < 4.78 is 26.0. The van der Waals surface area contributed by atoms with Gasteiger partial charge < -0.3 is 35.2 Å². The van der Waals surface area contributed by atoms with Gasteiger partial charge >= 0.3 is 6.09 Å². The number of amides is 2. The SMILES string of the molecule is COc1c(Nc2ccc(CC(=O)NCCO)cc2F)ncnc1OC1CCN(C(=O)O)CC1. The molecule has 33 heavy (non-hydrogen) atoms. The molecule has 2 aromatic rings. The average molecular weight is 463 g/mol. The highest BCUT2D eigenvalue weighted by atomic mass is 19.1. The van der Waals surface area contributed by atoms with E-state index < -0.39 is 11.9 Å². The zero-order valence-corrected chi connectivity index (χ0v) is 18.1. The van der Waals surface area contributed by atoms with Gasteiger partial charge in [-0.2, -0.15) is 4.98 Å². The molecule has 0 unspecified atom stereocenters. The molecule has 0 spiro atoms. The van der Waals surface area contributed by atoms with Crippen LogP contribution in [0, 0.1) is 5.82 Å². The molecule has 11 nitrogen and oxygen atoms in total. The van der Waals surface area contributed by atoms with Gasteiger partial charge in [-0.25, -0.2) is 14.2 Å². The molecule has 1 fully saturated rings. The number of aliphatic hydroxyl groups is 1. The van der Waals surface area contributed by atoms with Crippen molar-refractivity contribution in [3.63, 3.8) is 0 Å². The lowest BCUT2D eigenvalue weighted by Crippen LogP contribution is -2.41. The number of likely N-dealkylation sites (tertiary alicyclic amines) is 1. The van der Waals surface area contributed by atoms with Crippen LogP contribution in [0.3, 0.4) is 0 Å². The molecule has 0 saturated carbocycles. The summed E-state index contributed by atoms with van der Waals surface area (Å²) in [6.45, 7) is 0.677. The quantitative estimate of drug-likeness (QED) is 0.435. The Morgan fingerprint density at radius 1 is 1.27 bits per heavy atom. The molecule has 0 bridgehead atoms. The van der Waals surface area contributed by atoms with E-state index in [-0.39, 0.29) is 54.7 Å². The Labute approximate surface area is 189 Å². The second-order valence-corrected chi connectivity index (χ2v) is 7.34. The number of aliphatic hydroxyl groups excluding tert-OH is 1. The number of hydrogen-bond donors (Lipinski definition) is 4. The first kappa shape index (κ1) is 24.0. The summed E-state index contributed by atoms with van der Waals surface area (Å²) in [4.78, 5) is 32.4. The van der Waals surface area contributed by atoms with Crippen molar-refractivity contribution in [1.82, 2.24) is 20.2 Å². The van der Waals surface area contributed by atoms with Crippen molar-refractivity contribution in [2.24, 2.45) is 0 Å². The van der Waals surface area contributed by atoms with E-state index in [9.17, 15) is 14.0 Å². The summed E-state index contributed by atoms with van der Waals surface area (Å²) in [6, 6.07) is 4.32. The summed E-state index contributed by atoms with van der Waals surface area (Å²) >= 11 is 0. The maximum atomic E-state index is 14.6. The third kappa shape index (κ3) is 6.42. The fourth-order valence-corrected chi connectivity index (χ4v) is 3.38. The van der Waals surface area contributed by atoms with Gasteiger partial charge in [0.05, 0.1) is 25.8 Å². The van der Waals surface area contributed by atoms with Crippen molar-refractivity contribution >= 4 is 23.5 Å². The maximum absolute atomic E-state index is 14.6. The van der Waals surface area contributed by atoms with Crippen LogP contribution in [-0.4, -0.2) is 76.5 Å². The molecule has 0 radical (unpaired) electrons. The number of aromatic nitrogens is 2. The Bertz CT molecular complexity index is 984. The Morgan fingerprint density at radius 3 is 2.67 bits per heavy atom. The second-order valence-electron chi connectivity index (χ2n) is 7.34. The molecule has 2 amide bonds. The molecule has 2 heterocycles. The number of halogens is 1. The molecule has 1 aromatic carbocycles. The van der Waals surface area contributed by atoms with Crippen LogP contribution < -0.4 is 20.1 Å². The monoisotopic (exact) mass is 463 g/mol. The van der Waals surface area contributed by atoms with Crippen molar-refractivity contribution in [2.45, 2.75) is 25.4 Å². The number of carbonyl (C=O) groups is 2. The predicted octanol–water partition coefficient (Wildman–Crippen LogP) is 1.54. The van der Waals surface area contributed by atoms with E-state index >= 15 is 0 Å². The van der Waals surface area contributed by atoms with Crippen LogP contribution in [0.15, 0.2) is 24.5 Å². The van der Waals surface area contributed by atoms with E-state index in [1.807, 2.05) is 0 Å². The van der Waals surface area contributed by atoms with E-state index in [1.54, 1.807) is 6.07 Å². The number of piperidine rings is 1. The lowest BCUT2D eigenvalue weighted by Gasteiger charge is -2.30. The van der Waals surface area contributed by atoms with E-state index in [0.29, 0.717) is 31.5 Å². The lowest BCUT2D eigenvalue weighted by molar-refractivity contribution is -0.120. The van der Waals surface area contributed by atoms with Crippen LogP contribution in [-0.2, 0) is 11.2 Å². The third-order valence-corrected chi connectivity index (χ3v) is 5.05. The number of hydrogen-bond acceptors (Lipinski definition) is 8. The van der Waals surface area contributed by atoms with Crippen molar-refractivity contribution in [2.75, 3.05) is 38.7 Å². The fourth-order valence-electron chi connectivity index (χ4n) is 3.38. The van der Waals surface area contributed by atoms with Crippen molar-refractivity contribution in [1.29, 1.82) is 0 Å². The van der Waals surface area contributed by atoms with Gasteiger partial charge in [0.25, 0.3) is 5.88 Å². The Hall–Kier alpha value is -3.67. The summed E-state index contributed by atoms with van der Waals surface area (Å²) in [5.41, 5.74) is 0.590. The molecule has 1 aliphatic heterocycles. The minimum atomic E-state index is -0.960. The smallest absolute Gasteiger partial charge is 0.407 e. The molecule has 1 aromatic heterocycles. The van der Waals surface area contributed by atoms with Crippen molar-refractivity contribution in [3.05, 3.63) is 35.9 Å². The highest BCUT2D eigenvalue weighted by Gasteiger charge is 2.26. The minimum Gasteiger partial charge on any atom is -0.489 e. The number of nitrogens with one attached hydrogen (secondary N) is 2. The van der Waals surface area contributed by atoms with Crippen LogP contribution in [0.2, 0.25) is 0 Å². The Morgan fingerprint density at radius 2 is 2.03 bits per heavy atom. The minimum absolute atomic E-state index is 0.0211. The van der Waals surface area contributed by atoms with E-state index in [4.69, 9.17) is 19.7 Å². The van der Waals surface area contributed by atoms with Crippen LogP contribution in [0.25, 0.3) is 0 Å². The number of methoxy groups -OCH3 is 1. The standard InChI is InChI=1S/C21H26FN5O6/c1-32-18-19(24-12-25-20(18)33-14-4-7-27(8-5-14)21(30)31)26-16-3-2-13(10-15(16)22)11-17(29)23-6-9-28/h2-3,10,12,14,28H,4-9,11H2,1H3,(H,23,29)(H,30,31)(H,24,25,26). The maximum Gasteiger partial charge on any atom is 0.407 e. The summed E-state index contributed by atoms with van der Waals surface area (Å²) in [5, 5.41) is 23.2. The highest BCUT2D eigenvalue weighted by Crippen LogP contribution is 2.35. The van der Waals surface area contributed by atoms with Gasteiger partial charge in [0.15, 0.2) is 5.82 Å². The molecule has 0 atom stereocenters. The number of carbonyl (C=O) groups excluding carboxylic acids is 1. The van der Waals surface area contributed by atoms with E-state index in [0.717, 1.165) is 0 Å². The van der Waals surface area contributed by atoms with Gasteiger partial charge in [-0.15, -0.1) is 0 Å². The first-order valence-corrected chi connectivity index (χ1v) is 10.4. The van der Waals surface area contributed by atoms with Crippen LogP contribution in [0.5, 0.6) is 11.6 Å². The van der Waals surface area contributed by atoms with Gasteiger partial charge in [0, 0.05) is 32.5 Å². The van der Waals surface area contributed by atoms with Gasteiger partial charge in [0.1, 0.15) is 18.2 Å². The summed E-state index contributed by atoms with van der Waals surface area (Å²) in [6.07, 6.45) is 1.04. The first-order chi connectivity index (χ1) is 15.9. The number of nitrogens with zero attached hydrogens (tertiary/aromatic N) is 3. The molecule has 178 valence electrons. The molecule has 4 N–H and O–H groups in total. The normalized spacial score (nSPS) is 14.0. The molecule has 1 aliphatic rings. The molecule has 3 rings (SSSR count). The van der Waals surface area contributed by atoms with Gasteiger partial charge in [-0.3, -0.25) is 4.79 Å². The van der Waals surface area contributed by atoms with Crippen molar-refractivity contribution < 1.29 is 33.7 Å². The second kappa shape index (κ2) is 11.3. The van der Waals surface area contributed by atoms with E-state index in [2.05, 4.69) is 20.6 Å². The number of carboxylic acid groups (broad SMARTS) is 1. The zero-order chi connectivity index (χ0) is 23.8.